The van der Waals surface area contributed by atoms with Gasteiger partial charge in [-0.1, -0.05) is 71.2 Å². The molecule has 4 nitrogen and oxygen atoms in total. The molecule has 3 rings (SSSR count). The molecule has 0 radical (unpaired) electrons. The van der Waals surface area contributed by atoms with Crippen LogP contribution in [0, 0.1) is 6.92 Å². The van der Waals surface area contributed by atoms with Crippen LogP contribution in [0.15, 0.2) is 49.1 Å². The highest BCUT2D eigenvalue weighted by molar-refractivity contribution is 6.42. The highest BCUT2D eigenvalue weighted by Gasteiger charge is 2.41. The van der Waals surface area contributed by atoms with Crippen LogP contribution in [0.4, 0.5) is 36.4 Å². The van der Waals surface area contributed by atoms with Crippen LogP contribution in [0.1, 0.15) is 33.7 Å². The van der Waals surface area contributed by atoms with Gasteiger partial charge in [-0.15, -0.1) is 10.2 Å². The molecule has 39 heavy (non-hydrogen) atoms. The van der Waals surface area contributed by atoms with E-state index < -0.39 is 52.0 Å². The minimum absolute atomic E-state index is 0.0106. The number of aryl methyl sites for hydroxylation is 1. The molecule has 0 fully saturated rings. The lowest BCUT2D eigenvalue weighted by Crippen LogP contribution is -2.30. The minimum Gasteiger partial charge on any atom is -0.276 e. The van der Waals surface area contributed by atoms with Crippen molar-refractivity contribution in [3.05, 3.63) is 97.2 Å². The molecule has 1 aromatic heterocycles. The van der Waals surface area contributed by atoms with Gasteiger partial charge in [0.2, 0.25) is 0 Å². The van der Waals surface area contributed by atoms with Crippen LogP contribution in [0.3, 0.4) is 0 Å². The van der Waals surface area contributed by atoms with Crippen molar-refractivity contribution in [2.75, 3.05) is 5.01 Å². The number of nitrogens with two attached hydrogens (primary N) is 1. The van der Waals surface area contributed by atoms with Gasteiger partial charge in [0.15, 0.2) is 10.3 Å². The first-order valence-corrected chi connectivity index (χ1v) is 12.0. The van der Waals surface area contributed by atoms with Gasteiger partial charge in [-0.3, -0.25) is 5.01 Å². The number of rotatable bonds is 6. The molecule has 2 aromatic carbocycles. The Bertz CT molecular complexity index is 1430. The minimum atomic E-state index is -5.09. The summed E-state index contributed by atoms with van der Waals surface area (Å²) in [5.41, 5.74) is -3.67. The van der Waals surface area contributed by atoms with Crippen molar-refractivity contribution < 1.29 is 30.7 Å². The van der Waals surface area contributed by atoms with Crippen LogP contribution < -0.4 is 10.9 Å². The van der Waals surface area contributed by atoms with E-state index in [9.17, 15) is 26.3 Å². The Morgan fingerprint density at radius 1 is 1.00 bits per heavy atom. The van der Waals surface area contributed by atoms with E-state index in [1.165, 1.54) is 6.92 Å². The average molecular weight is 634 g/mol. The van der Waals surface area contributed by atoms with Gasteiger partial charge in [-0.2, -0.15) is 26.3 Å². The quantitative estimate of drug-likeness (QED) is 0.167. The van der Waals surface area contributed by atoms with Gasteiger partial charge < -0.3 is 0 Å². The third kappa shape index (κ3) is 6.96. The number of hydrazine groups is 1. The van der Waals surface area contributed by atoms with Crippen LogP contribution in [-0.2, 0) is 6.18 Å². The Labute approximate surface area is 237 Å². The molecule has 0 spiro atoms. The van der Waals surface area contributed by atoms with E-state index in [-0.39, 0.29) is 37.7 Å². The van der Waals surface area contributed by atoms with E-state index in [1.54, 1.807) is 0 Å². The summed E-state index contributed by atoms with van der Waals surface area (Å²) < 4.78 is 98.7. The molecule has 1 heterocycles. The standard InChI is InChI=1S/C24H15Cl4F7N4/c1-10-5-13(7-17(25)21(10)27)15(23(30,31)32)8-18(29)12-3-4-14(16(6-12)24(33,34)35)11(2)39(36)19-9-20(26)37-38-22(19)28/h3-9,15H,2,36H2,1H3/b18-8-. The molecule has 3 aromatic rings. The number of benzene rings is 2. The topological polar surface area (TPSA) is 55.0 Å². The molecule has 0 aliphatic carbocycles. The highest BCUT2D eigenvalue weighted by Crippen LogP contribution is 2.43. The predicted octanol–water partition coefficient (Wildman–Crippen LogP) is 9.42. The summed E-state index contributed by atoms with van der Waals surface area (Å²) in [7, 11) is 0. The van der Waals surface area contributed by atoms with Crippen LogP contribution in [0.5, 0.6) is 0 Å². The lowest BCUT2D eigenvalue weighted by Gasteiger charge is -2.24. The summed E-state index contributed by atoms with van der Waals surface area (Å²) in [5.74, 6) is 1.78. The van der Waals surface area contributed by atoms with Crippen molar-refractivity contribution in [2.45, 2.75) is 25.2 Å². The summed E-state index contributed by atoms with van der Waals surface area (Å²) in [5, 5.41) is 6.96. The maximum absolute atomic E-state index is 15.1. The van der Waals surface area contributed by atoms with E-state index in [2.05, 4.69) is 16.8 Å². The van der Waals surface area contributed by atoms with Crippen LogP contribution in [-0.4, -0.2) is 16.4 Å². The molecule has 0 aliphatic heterocycles. The fraction of sp³-hybridized carbons (Fsp3) is 0.167. The number of halogens is 11. The van der Waals surface area contributed by atoms with E-state index in [0.29, 0.717) is 11.1 Å². The molecule has 1 atom stereocenters. The van der Waals surface area contributed by atoms with Crippen molar-refractivity contribution >= 4 is 63.6 Å². The molecule has 2 N–H and O–H groups in total. The molecule has 208 valence electrons. The van der Waals surface area contributed by atoms with Crippen molar-refractivity contribution in [1.82, 2.24) is 10.2 Å². The van der Waals surface area contributed by atoms with Gasteiger partial charge in [0.25, 0.3) is 0 Å². The number of nitrogens with zero attached hydrogens (tertiary/aromatic N) is 3. The maximum Gasteiger partial charge on any atom is 0.417 e. The van der Waals surface area contributed by atoms with E-state index >= 15 is 4.39 Å². The number of aromatic nitrogens is 2. The number of hydrogen-bond donors (Lipinski definition) is 1. The normalized spacial score (nSPS) is 13.4. The summed E-state index contributed by atoms with van der Waals surface area (Å²) in [6.45, 7) is 4.93. The average Bonchev–Trinajstić information content (AvgIpc) is 2.84. The zero-order valence-electron chi connectivity index (χ0n) is 19.4. The lowest BCUT2D eigenvalue weighted by molar-refractivity contribution is -0.140. The van der Waals surface area contributed by atoms with Gasteiger partial charge in [0.1, 0.15) is 11.7 Å². The van der Waals surface area contributed by atoms with Gasteiger partial charge >= 0.3 is 12.4 Å². The molecule has 15 heteroatoms. The smallest absolute Gasteiger partial charge is 0.276 e. The monoisotopic (exact) mass is 632 g/mol. The van der Waals surface area contributed by atoms with Crippen LogP contribution in [0.2, 0.25) is 20.4 Å². The van der Waals surface area contributed by atoms with Crippen molar-refractivity contribution in [1.29, 1.82) is 0 Å². The third-order valence-corrected chi connectivity index (χ3v) is 6.77. The lowest BCUT2D eigenvalue weighted by atomic mass is 9.94. The highest BCUT2D eigenvalue weighted by atomic mass is 35.5. The summed E-state index contributed by atoms with van der Waals surface area (Å²) >= 11 is 23.4. The first kappa shape index (κ1) is 31.0. The molecule has 0 saturated carbocycles. The zero-order chi connectivity index (χ0) is 29.4. The molecule has 0 bridgehead atoms. The Morgan fingerprint density at radius 2 is 1.64 bits per heavy atom. The predicted molar refractivity (Wildman–Crippen MR) is 138 cm³/mol. The molecular formula is C24H15Cl4F7N4. The summed E-state index contributed by atoms with van der Waals surface area (Å²) in [6, 6.07) is 5.09. The number of alkyl halides is 6. The van der Waals surface area contributed by atoms with Crippen LogP contribution >= 0.6 is 46.4 Å². The fourth-order valence-electron chi connectivity index (χ4n) is 3.52. The SMILES string of the molecule is C=C(c1ccc(/C(F)=C/C(c2cc(C)c(Cl)c(Cl)c2)C(F)(F)F)cc1C(F)(F)F)N(N)c1cc(Cl)nnc1Cl. The number of hydrogen-bond acceptors (Lipinski definition) is 4. The largest absolute Gasteiger partial charge is 0.417 e. The second-order valence-electron chi connectivity index (χ2n) is 8.09. The molecule has 0 saturated heterocycles. The van der Waals surface area contributed by atoms with E-state index in [0.717, 1.165) is 30.3 Å². The third-order valence-electron chi connectivity index (χ3n) is 5.42. The molecule has 0 aliphatic rings. The Hall–Kier alpha value is -2.57. The molecule has 0 amide bonds. The first-order valence-electron chi connectivity index (χ1n) is 10.5. The van der Waals surface area contributed by atoms with Gasteiger partial charge in [-0.25, -0.2) is 10.2 Å². The Morgan fingerprint density at radius 3 is 2.21 bits per heavy atom. The second kappa shape index (κ2) is 11.5. The number of allylic oxidation sites excluding steroid dienone is 1. The van der Waals surface area contributed by atoms with Gasteiger partial charge in [-0.05, 0) is 36.3 Å². The maximum atomic E-state index is 15.1. The Balaban J connectivity index is 2.10. The summed E-state index contributed by atoms with van der Waals surface area (Å²) in [4.78, 5) is 0. The van der Waals surface area contributed by atoms with Gasteiger partial charge in [0.05, 0.1) is 27.0 Å². The van der Waals surface area contributed by atoms with Crippen LogP contribution in [0.25, 0.3) is 11.5 Å². The van der Waals surface area contributed by atoms with Gasteiger partial charge in [0, 0.05) is 17.2 Å². The molecular weight excluding hydrogens is 619 g/mol. The first-order chi connectivity index (χ1) is 17.9. The number of anilines is 1. The molecule has 1 unspecified atom stereocenters. The van der Waals surface area contributed by atoms with Crippen molar-refractivity contribution in [3.63, 3.8) is 0 Å². The fourth-order valence-corrected chi connectivity index (χ4v) is 4.23. The Kier molecular flexibility index (Phi) is 9.13. The van der Waals surface area contributed by atoms with Crippen molar-refractivity contribution in [2.24, 2.45) is 5.84 Å². The van der Waals surface area contributed by atoms with E-state index in [4.69, 9.17) is 52.2 Å². The second-order valence-corrected chi connectivity index (χ2v) is 9.62. The van der Waals surface area contributed by atoms with Crippen molar-refractivity contribution in [3.8, 4) is 0 Å². The zero-order valence-corrected chi connectivity index (χ0v) is 22.4. The van der Waals surface area contributed by atoms with E-state index in [1.807, 2.05) is 0 Å². The summed E-state index contributed by atoms with van der Waals surface area (Å²) in [6.07, 6.45) is -9.94.